The molecule has 1 N–H and O–H groups in total. The van der Waals surface area contributed by atoms with Crippen molar-refractivity contribution in [3.05, 3.63) is 79.9 Å². The third kappa shape index (κ3) is 4.23. The number of nitrogens with zero attached hydrogens (tertiary/aromatic N) is 2. The highest BCUT2D eigenvalue weighted by atomic mass is 16.6. The van der Waals surface area contributed by atoms with E-state index in [-0.39, 0.29) is 11.4 Å². The Hall–Kier alpha value is -3.55. The van der Waals surface area contributed by atoms with Gasteiger partial charge in [-0.15, -0.1) is 0 Å². The summed E-state index contributed by atoms with van der Waals surface area (Å²) < 4.78 is 0. The van der Waals surface area contributed by atoms with Crippen LogP contribution >= 0.6 is 0 Å². The zero-order valence-electron chi connectivity index (χ0n) is 12.6. The normalized spacial score (nSPS) is 10.5. The smallest absolute Gasteiger partial charge is 0.269 e. The van der Waals surface area contributed by atoms with Crippen molar-refractivity contribution in [2.75, 3.05) is 5.32 Å². The molecule has 8 nitrogen and oxygen atoms in total. The topological polar surface area (TPSA) is 115 Å². The zero-order chi connectivity index (χ0) is 17.7. The van der Waals surface area contributed by atoms with Gasteiger partial charge in [-0.3, -0.25) is 25.0 Å². The SMILES string of the molecule is Cc1cc([N+](=O)[O-])ccc1NC(=O)/C=C/c1ccc([N+](=O)[O-])cc1. The molecule has 0 atom stereocenters. The summed E-state index contributed by atoms with van der Waals surface area (Å²) in [6.45, 7) is 1.66. The van der Waals surface area contributed by atoms with Gasteiger partial charge in [-0.2, -0.15) is 0 Å². The Morgan fingerprint density at radius 2 is 1.58 bits per heavy atom. The molecule has 2 aromatic carbocycles. The number of nitro groups is 2. The van der Waals surface area contributed by atoms with Crippen LogP contribution in [0.4, 0.5) is 17.1 Å². The fraction of sp³-hybridized carbons (Fsp3) is 0.0625. The molecule has 2 aromatic rings. The van der Waals surface area contributed by atoms with E-state index in [9.17, 15) is 25.0 Å². The molecule has 122 valence electrons. The first kappa shape index (κ1) is 16.8. The Labute approximate surface area is 136 Å². The van der Waals surface area contributed by atoms with E-state index >= 15 is 0 Å². The van der Waals surface area contributed by atoms with E-state index < -0.39 is 15.8 Å². The lowest BCUT2D eigenvalue weighted by atomic mass is 10.1. The lowest BCUT2D eigenvalue weighted by molar-refractivity contribution is -0.385. The summed E-state index contributed by atoms with van der Waals surface area (Å²) in [5.74, 6) is -0.412. The van der Waals surface area contributed by atoms with E-state index in [0.29, 0.717) is 16.8 Å². The number of nitro benzene ring substituents is 2. The fourth-order valence-electron chi connectivity index (χ4n) is 1.96. The molecular weight excluding hydrogens is 314 g/mol. The van der Waals surface area contributed by atoms with Gasteiger partial charge in [0.05, 0.1) is 9.85 Å². The van der Waals surface area contributed by atoms with Crippen LogP contribution in [0, 0.1) is 27.2 Å². The molecule has 0 aliphatic rings. The maximum atomic E-state index is 11.9. The van der Waals surface area contributed by atoms with Gasteiger partial charge in [0, 0.05) is 36.0 Å². The molecule has 0 saturated heterocycles. The number of hydrogen-bond donors (Lipinski definition) is 1. The number of carbonyl (C=O) groups is 1. The summed E-state index contributed by atoms with van der Waals surface area (Å²) in [7, 11) is 0. The number of non-ortho nitro benzene ring substituents is 2. The van der Waals surface area contributed by atoms with Crippen molar-refractivity contribution in [1.29, 1.82) is 0 Å². The third-order valence-corrected chi connectivity index (χ3v) is 3.21. The first-order chi connectivity index (χ1) is 11.4. The van der Waals surface area contributed by atoms with Gasteiger partial charge in [0.2, 0.25) is 5.91 Å². The van der Waals surface area contributed by atoms with E-state index in [1.165, 1.54) is 54.6 Å². The number of hydrogen-bond acceptors (Lipinski definition) is 5. The molecule has 0 radical (unpaired) electrons. The molecule has 0 bridgehead atoms. The number of amides is 1. The van der Waals surface area contributed by atoms with Crippen molar-refractivity contribution < 1.29 is 14.6 Å². The summed E-state index contributed by atoms with van der Waals surface area (Å²) in [5, 5.41) is 23.9. The number of anilines is 1. The van der Waals surface area contributed by atoms with Gasteiger partial charge in [-0.25, -0.2) is 0 Å². The van der Waals surface area contributed by atoms with Crippen LogP contribution in [0.2, 0.25) is 0 Å². The highest BCUT2D eigenvalue weighted by molar-refractivity contribution is 6.02. The van der Waals surface area contributed by atoms with Crippen molar-refractivity contribution in [2.45, 2.75) is 6.92 Å². The lowest BCUT2D eigenvalue weighted by Gasteiger charge is -2.05. The minimum atomic E-state index is -0.507. The van der Waals surface area contributed by atoms with Gasteiger partial charge in [-0.1, -0.05) is 0 Å². The molecule has 0 aliphatic carbocycles. The Kier molecular flexibility index (Phi) is 5.00. The second-order valence-electron chi connectivity index (χ2n) is 4.93. The average Bonchev–Trinajstić information content (AvgIpc) is 2.55. The van der Waals surface area contributed by atoms with Crippen LogP contribution in [0.1, 0.15) is 11.1 Å². The second kappa shape index (κ2) is 7.14. The maximum Gasteiger partial charge on any atom is 0.269 e. The number of rotatable bonds is 5. The summed E-state index contributed by atoms with van der Waals surface area (Å²) in [5.41, 5.74) is 1.60. The minimum Gasteiger partial charge on any atom is -0.322 e. The Morgan fingerprint density at radius 3 is 2.12 bits per heavy atom. The number of benzene rings is 2. The van der Waals surface area contributed by atoms with Gasteiger partial charge < -0.3 is 5.32 Å². The van der Waals surface area contributed by atoms with Crippen molar-refractivity contribution in [3.8, 4) is 0 Å². The molecular formula is C16H13N3O5. The van der Waals surface area contributed by atoms with E-state index in [1.54, 1.807) is 6.92 Å². The largest absolute Gasteiger partial charge is 0.322 e. The van der Waals surface area contributed by atoms with Crippen LogP contribution in [0.5, 0.6) is 0 Å². The molecule has 0 spiro atoms. The molecule has 0 aromatic heterocycles. The van der Waals surface area contributed by atoms with E-state index in [1.807, 2.05) is 0 Å². The molecule has 0 heterocycles. The molecule has 8 heteroatoms. The first-order valence-electron chi connectivity index (χ1n) is 6.85. The van der Waals surface area contributed by atoms with Crippen molar-refractivity contribution >= 4 is 29.0 Å². The summed E-state index contributed by atoms with van der Waals surface area (Å²) in [4.78, 5) is 32.1. The second-order valence-corrected chi connectivity index (χ2v) is 4.93. The predicted molar refractivity (Wildman–Crippen MR) is 88.6 cm³/mol. The summed E-state index contributed by atoms with van der Waals surface area (Å²) in [6, 6.07) is 9.89. The molecule has 0 unspecified atom stereocenters. The van der Waals surface area contributed by atoms with E-state index in [4.69, 9.17) is 0 Å². The first-order valence-corrected chi connectivity index (χ1v) is 6.85. The van der Waals surface area contributed by atoms with E-state index in [2.05, 4.69) is 5.32 Å². The van der Waals surface area contributed by atoms with Crippen LogP contribution < -0.4 is 5.32 Å². The van der Waals surface area contributed by atoms with E-state index in [0.717, 1.165) is 0 Å². The summed E-state index contributed by atoms with van der Waals surface area (Å²) >= 11 is 0. The molecule has 2 rings (SSSR count). The Balaban J connectivity index is 2.05. The maximum absolute atomic E-state index is 11.9. The molecule has 0 saturated carbocycles. The number of carbonyl (C=O) groups excluding carboxylic acids is 1. The average molecular weight is 327 g/mol. The summed E-state index contributed by atoms with van der Waals surface area (Å²) in [6.07, 6.45) is 2.79. The van der Waals surface area contributed by atoms with Crippen LogP contribution in [-0.2, 0) is 4.79 Å². The quantitative estimate of drug-likeness (QED) is 0.513. The van der Waals surface area contributed by atoms with Crippen LogP contribution in [0.3, 0.4) is 0 Å². The predicted octanol–water partition coefficient (Wildman–Crippen LogP) is 3.46. The molecule has 0 fully saturated rings. The van der Waals surface area contributed by atoms with Gasteiger partial charge in [0.1, 0.15) is 0 Å². The zero-order valence-corrected chi connectivity index (χ0v) is 12.6. The minimum absolute atomic E-state index is 0.0295. The van der Waals surface area contributed by atoms with Crippen molar-refractivity contribution in [3.63, 3.8) is 0 Å². The van der Waals surface area contributed by atoms with Gasteiger partial charge >= 0.3 is 0 Å². The van der Waals surface area contributed by atoms with Crippen molar-refractivity contribution in [2.24, 2.45) is 0 Å². The Morgan fingerprint density at radius 1 is 1.00 bits per heavy atom. The standard InChI is InChI=1S/C16H13N3O5/c1-11-10-14(19(23)24)7-8-15(11)17-16(20)9-4-12-2-5-13(6-3-12)18(21)22/h2-10H,1H3,(H,17,20)/b9-4+. The van der Waals surface area contributed by atoms with Gasteiger partial charge in [-0.05, 0) is 42.3 Å². The molecule has 24 heavy (non-hydrogen) atoms. The van der Waals surface area contributed by atoms with Crippen LogP contribution in [-0.4, -0.2) is 15.8 Å². The highest BCUT2D eigenvalue weighted by Gasteiger charge is 2.09. The monoisotopic (exact) mass is 327 g/mol. The lowest BCUT2D eigenvalue weighted by Crippen LogP contribution is -2.09. The third-order valence-electron chi connectivity index (χ3n) is 3.21. The van der Waals surface area contributed by atoms with Crippen LogP contribution in [0.15, 0.2) is 48.5 Å². The number of aryl methyl sites for hydroxylation is 1. The van der Waals surface area contributed by atoms with Crippen LogP contribution in [0.25, 0.3) is 6.08 Å². The molecule has 1 amide bonds. The number of nitrogens with one attached hydrogen (secondary N) is 1. The van der Waals surface area contributed by atoms with Gasteiger partial charge in [0.15, 0.2) is 0 Å². The molecule has 0 aliphatic heterocycles. The fourth-order valence-corrected chi connectivity index (χ4v) is 1.96. The van der Waals surface area contributed by atoms with Gasteiger partial charge in [0.25, 0.3) is 11.4 Å². The Bertz CT molecular complexity index is 828. The van der Waals surface area contributed by atoms with Crippen molar-refractivity contribution in [1.82, 2.24) is 0 Å². The highest BCUT2D eigenvalue weighted by Crippen LogP contribution is 2.21.